The molecule has 7 nitrogen and oxygen atoms in total. The summed E-state index contributed by atoms with van der Waals surface area (Å²) in [4.78, 5) is 21.6. The Kier molecular flexibility index (Phi) is 4.65. The lowest BCUT2D eigenvalue weighted by Crippen LogP contribution is -2.38. The molecule has 2 aromatic heterocycles. The minimum atomic E-state index is 0.0654. The van der Waals surface area contributed by atoms with Crippen molar-refractivity contribution in [1.82, 2.24) is 19.7 Å². The van der Waals surface area contributed by atoms with Crippen LogP contribution in [-0.4, -0.2) is 64.5 Å². The van der Waals surface area contributed by atoms with Crippen molar-refractivity contribution in [2.24, 2.45) is 0 Å². The van der Waals surface area contributed by atoms with Crippen LogP contribution in [0.5, 0.6) is 0 Å². The van der Waals surface area contributed by atoms with Gasteiger partial charge < -0.3 is 14.5 Å². The van der Waals surface area contributed by atoms with Gasteiger partial charge in [0, 0.05) is 38.2 Å². The van der Waals surface area contributed by atoms with E-state index in [-0.39, 0.29) is 11.9 Å². The number of hydrogen-bond donors (Lipinski definition) is 0. The predicted molar refractivity (Wildman–Crippen MR) is 93.6 cm³/mol. The lowest BCUT2D eigenvalue weighted by atomic mass is 10.2. The average Bonchev–Trinajstić information content (AvgIpc) is 3.34. The molecule has 0 unspecified atom stereocenters. The van der Waals surface area contributed by atoms with E-state index in [2.05, 4.69) is 15.0 Å². The Morgan fingerprint density at radius 2 is 2.12 bits per heavy atom. The van der Waals surface area contributed by atoms with Crippen LogP contribution in [0.4, 0.5) is 5.82 Å². The second-order valence-electron chi connectivity index (χ2n) is 6.53. The number of anilines is 1. The molecule has 2 aliphatic rings. The Morgan fingerprint density at radius 3 is 2.84 bits per heavy atom. The fourth-order valence-corrected chi connectivity index (χ4v) is 3.58. The molecule has 0 N–H and O–H groups in total. The fourth-order valence-electron chi connectivity index (χ4n) is 3.58. The lowest BCUT2D eigenvalue weighted by Gasteiger charge is -2.28. The van der Waals surface area contributed by atoms with Crippen molar-refractivity contribution in [3.05, 3.63) is 42.4 Å². The van der Waals surface area contributed by atoms with Crippen molar-refractivity contribution in [2.75, 3.05) is 37.7 Å². The lowest BCUT2D eigenvalue weighted by molar-refractivity contribution is 0.0721. The van der Waals surface area contributed by atoms with Gasteiger partial charge in [0.2, 0.25) is 0 Å². The Hall–Kier alpha value is -2.41. The molecule has 0 aliphatic carbocycles. The van der Waals surface area contributed by atoms with Crippen molar-refractivity contribution in [2.45, 2.75) is 25.4 Å². The number of pyridine rings is 1. The predicted octanol–water partition coefficient (Wildman–Crippen LogP) is 1.42. The molecule has 2 saturated heterocycles. The normalized spacial score (nSPS) is 20.9. The van der Waals surface area contributed by atoms with E-state index in [9.17, 15) is 4.79 Å². The molecule has 0 aromatic carbocycles. The largest absolute Gasteiger partial charge is 0.378 e. The number of nitrogens with zero attached hydrogens (tertiary/aromatic N) is 5. The zero-order valence-corrected chi connectivity index (χ0v) is 14.3. The number of aromatic nitrogens is 3. The van der Waals surface area contributed by atoms with E-state index in [0.717, 1.165) is 58.1 Å². The van der Waals surface area contributed by atoms with Crippen LogP contribution in [-0.2, 0) is 11.3 Å². The topological polar surface area (TPSA) is 63.5 Å². The monoisotopic (exact) mass is 341 g/mol. The quantitative estimate of drug-likeness (QED) is 0.842. The van der Waals surface area contributed by atoms with Gasteiger partial charge in [-0.05, 0) is 31.0 Å². The van der Waals surface area contributed by atoms with Crippen LogP contribution >= 0.6 is 0 Å². The molecular weight excluding hydrogens is 318 g/mol. The van der Waals surface area contributed by atoms with E-state index in [0.29, 0.717) is 5.56 Å². The van der Waals surface area contributed by atoms with Gasteiger partial charge in [0.15, 0.2) is 0 Å². The number of carbonyl (C=O) groups is 1. The molecule has 4 rings (SSSR count). The number of likely N-dealkylation sites (tertiary alicyclic amines) is 1. The van der Waals surface area contributed by atoms with Crippen LogP contribution in [0.15, 0.2) is 36.8 Å². The third-order valence-electron chi connectivity index (χ3n) is 4.92. The molecule has 2 fully saturated rings. The van der Waals surface area contributed by atoms with Crippen LogP contribution in [0.2, 0.25) is 0 Å². The minimum absolute atomic E-state index is 0.0654. The van der Waals surface area contributed by atoms with E-state index >= 15 is 0 Å². The molecular formula is C18H23N5O2. The highest BCUT2D eigenvalue weighted by Gasteiger charge is 2.30. The van der Waals surface area contributed by atoms with Crippen molar-refractivity contribution in [3.63, 3.8) is 0 Å². The summed E-state index contributed by atoms with van der Waals surface area (Å²) in [5.41, 5.74) is 0.657. The summed E-state index contributed by atoms with van der Waals surface area (Å²) in [5, 5.41) is 4.26. The van der Waals surface area contributed by atoms with E-state index in [4.69, 9.17) is 4.74 Å². The van der Waals surface area contributed by atoms with Gasteiger partial charge in [0.05, 0.1) is 31.4 Å². The number of rotatable bonds is 4. The van der Waals surface area contributed by atoms with Crippen LogP contribution in [0.3, 0.4) is 0 Å². The third kappa shape index (κ3) is 3.51. The van der Waals surface area contributed by atoms with Crippen molar-refractivity contribution < 1.29 is 9.53 Å². The van der Waals surface area contributed by atoms with Gasteiger partial charge in [-0.25, -0.2) is 4.98 Å². The molecule has 1 atom stereocenters. The second-order valence-corrected chi connectivity index (χ2v) is 6.53. The SMILES string of the molecule is O=C(c1ccc(N2CCOCC2)nc1)N1CCC[C@@H]1Cn1cccn1. The first-order valence-electron chi connectivity index (χ1n) is 8.88. The summed E-state index contributed by atoms with van der Waals surface area (Å²) in [6, 6.07) is 5.95. The number of hydrogen-bond acceptors (Lipinski definition) is 5. The summed E-state index contributed by atoms with van der Waals surface area (Å²) in [6.45, 7) is 4.70. The van der Waals surface area contributed by atoms with E-state index in [1.165, 1.54) is 0 Å². The van der Waals surface area contributed by atoms with E-state index < -0.39 is 0 Å². The maximum atomic E-state index is 12.9. The standard InChI is InChI=1S/C18H23N5O2/c24-18(23-8-1-3-16(23)14-22-7-2-6-20-22)15-4-5-17(19-13-15)21-9-11-25-12-10-21/h2,4-7,13,16H,1,3,8-12,14H2/t16-/m1/s1. The van der Waals surface area contributed by atoms with Crippen molar-refractivity contribution in [3.8, 4) is 0 Å². The van der Waals surface area contributed by atoms with Crippen LogP contribution in [0.25, 0.3) is 0 Å². The summed E-state index contributed by atoms with van der Waals surface area (Å²) < 4.78 is 7.27. The molecule has 2 aliphatic heterocycles. The molecule has 0 bridgehead atoms. The van der Waals surface area contributed by atoms with Crippen LogP contribution in [0, 0.1) is 0 Å². The van der Waals surface area contributed by atoms with Gasteiger partial charge in [-0.15, -0.1) is 0 Å². The third-order valence-corrected chi connectivity index (χ3v) is 4.92. The number of ether oxygens (including phenoxy) is 1. The second kappa shape index (κ2) is 7.23. The summed E-state index contributed by atoms with van der Waals surface area (Å²) in [6.07, 6.45) is 7.48. The van der Waals surface area contributed by atoms with Crippen LogP contribution < -0.4 is 4.90 Å². The molecule has 7 heteroatoms. The van der Waals surface area contributed by atoms with Gasteiger partial charge in [-0.3, -0.25) is 9.48 Å². The summed E-state index contributed by atoms with van der Waals surface area (Å²) >= 11 is 0. The molecule has 4 heterocycles. The Bertz CT molecular complexity index is 695. The highest BCUT2D eigenvalue weighted by molar-refractivity contribution is 5.94. The molecule has 1 amide bonds. The Balaban J connectivity index is 1.44. The van der Waals surface area contributed by atoms with Crippen molar-refractivity contribution in [1.29, 1.82) is 0 Å². The first kappa shape index (κ1) is 16.1. The van der Waals surface area contributed by atoms with E-state index in [1.807, 2.05) is 34.0 Å². The summed E-state index contributed by atoms with van der Waals surface area (Å²) in [5.74, 6) is 0.977. The number of morpholine rings is 1. The number of carbonyl (C=O) groups excluding carboxylic acids is 1. The van der Waals surface area contributed by atoms with Gasteiger partial charge >= 0.3 is 0 Å². The maximum absolute atomic E-state index is 12.9. The molecule has 2 aromatic rings. The summed E-state index contributed by atoms with van der Waals surface area (Å²) in [7, 11) is 0. The molecule has 0 radical (unpaired) electrons. The zero-order chi connectivity index (χ0) is 17.1. The number of amides is 1. The Morgan fingerprint density at radius 1 is 1.24 bits per heavy atom. The Labute approximate surface area is 147 Å². The first-order chi connectivity index (χ1) is 12.3. The van der Waals surface area contributed by atoms with Gasteiger partial charge in [0.25, 0.3) is 5.91 Å². The van der Waals surface area contributed by atoms with Gasteiger partial charge in [-0.2, -0.15) is 5.10 Å². The maximum Gasteiger partial charge on any atom is 0.255 e. The van der Waals surface area contributed by atoms with Crippen molar-refractivity contribution >= 4 is 11.7 Å². The smallest absolute Gasteiger partial charge is 0.255 e. The molecule has 0 saturated carbocycles. The van der Waals surface area contributed by atoms with Gasteiger partial charge in [0.1, 0.15) is 5.82 Å². The molecule has 132 valence electrons. The van der Waals surface area contributed by atoms with Gasteiger partial charge in [-0.1, -0.05) is 0 Å². The zero-order valence-electron chi connectivity index (χ0n) is 14.3. The molecule has 25 heavy (non-hydrogen) atoms. The highest BCUT2D eigenvalue weighted by atomic mass is 16.5. The highest BCUT2D eigenvalue weighted by Crippen LogP contribution is 2.22. The van der Waals surface area contributed by atoms with E-state index in [1.54, 1.807) is 12.4 Å². The fraction of sp³-hybridized carbons (Fsp3) is 0.500. The van der Waals surface area contributed by atoms with Crippen LogP contribution in [0.1, 0.15) is 23.2 Å². The molecule has 0 spiro atoms. The average molecular weight is 341 g/mol. The first-order valence-corrected chi connectivity index (χ1v) is 8.88. The minimum Gasteiger partial charge on any atom is -0.378 e.